The SMILES string of the molecule is COC(=O)N1c2ccc3c(nc(CCn4ccccc4=O)n3CC(=O)N3CCC(F)(F)C3)c2CC[C@@H]1C. The van der Waals surface area contributed by atoms with Gasteiger partial charge >= 0.3 is 6.09 Å². The summed E-state index contributed by atoms with van der Waals surface area (Å²) in [6.07, 6.45) is 2.63. The molecule has 0 saturated carbocycles. The van der Waals surface area contributed by atoms with Crippen molar-refractivity contribution in [2.45, 2.75) is 57.7 Å². The zero-order valence-corrected chi connectivity index (χ0v) is 20.8. The first-order valence-electron chi connectivity index (χ1n) is 12.4. The van der Waals surface area contributed by atoms with E-state index in [2.05, 4.69) is 0 Å². The average Bonchev–Trinajstić information content (AvgIpc) is 3.42. The first-order valence-corrected chi connectivity index (χ1v) is 12.4. The van der Waals surface area contributed by atoms with E-state index in [1.807, 2.05) is 13.0 Å². The molecule has 11 heteroatoms. The number of amides is 2. The highest BCUT2D eigenvalue weighted by molar-refractivity contribution is 5.95. The number of ether oxygens (including phenoxy) is 1. The molecular formula is C26H29F2N5O4. The van der Waals surface area contributed by atoms with Crippen molar-refractivity contribution in [2.24, 2.45) is 0 Å². The van der Waals surface area contributed by atoms with E-state index in [-0.39, 0.29) is 31.1 Å². The molecule has 4 heterocycles. The summed E-state index contributed by atoms with van der Waals surface area (Å²) < 4.78 is 35.9. The Morgan fingerprint density at radius 3 is 2.73 bits per heavy atom. The van der Waals surface area contributed by atoms with Crippen LogP contribution in [0.4, 0.5) is 19.3 Å². The summed E-state index contributed by atoms with van der Waals surface area (Å²) in [4.78, 5) is 45.5. The van der Waals surface area contributed by atoms with Gasteiger partial charge in [0.25, 0.3) is 11.5 Å². The van der Waals surface area contributed by atoms with Gasteiger partial charge in [0, 0.05) is 49.8 Å². The molecule has 1 saturated heterocycles. The topological polar surface area (TPSA) is 89.7 Å². The fourth-order valence-electron chi connectivity index (χ4n) is 5.27. The summed E-state index contributed by atoms with van der Waals surface area (Å²) in [5, 5.41) is 0. The molecule has 196 valence electrons. The summed E-state index contributed by atoms with van der Waals surface area (Å²) in [7, 11) is 1.34. The highest BCUT2D eigenvalue weighted by Gasteiger charge is 2.40. The Bertz CT molecular complexity index is 1420. The summed E-state index contributed by atoms with van der Waals surface area (Å²) in [6.45, 7) is 1.58. The second-order valence-corrected chi connectivity index (χ2v) is 9.68. The van der Waals surface area contributed by atoms with Crippen molar-refractivity contribution in [3.05, 3.63) is 58.3 Å². The van der Waals surface area contributed by atoms with E-state index in [1.54, 1.807) is 38.4 Å². The van der Waals surface area contributed by atoms with Crippen LogP contribution in [0.2, 0.25) is 0 Å². The van der Waals surface area contributed by atoms with Crippen molar-refractivity contribution in [1.29, 1.82) is 0 Å². The quantitative estimate of drug-likeness (QED) is 0.523. The van der Waals surface area contributed by atoms with Crippen LogP contribution in [0.15, 0.2) is 41.3 Å². The summed E-state index contributed by atoms with van der Waals surface area (Å²) in [5.41, 5.74) is 2.78. The van der Waals surface area contributed by atoms with Gasteiger partial charge in [-0.2, -0.15) is 0 Å². The monoisotopic (exact) mass is 513 g/mol. The maximum absolute atomic E-state index is 13.8. The number of benzene rings is 1. The summed E-state index contributed by atoms with van der Waals surface area (Å²) in [6, 6.07) is 8.47. The molecule has 3 aromatic rings. The van der Waals surface area contributed by atoms with Crippen LogP contribution in [0, 0.1) is 0 Å². The number of hydrogen-bond donors (Lipinski definition) is 0. The Kier molecular flexibility index (Phi) is 6.47. The van der Waals surface area contributed by atoms with E-state index in [9.17, 15) is 23.2 Å². The average molecular weight is 514 g/mol. The number of fused-ring (bicyclic) bond motifs is 3. The molecule has 0 spiro atoms. The molecule has 2 amide bonds. The number of carbonyl (C=O) groups excluding carboxylic acids is 2. The Morgan fingerprint density at radius 1 is 1.22 bits per heavy atom. The fourth-order valence-corrected chi connectivity index (χ4v) is 5.27. The number of imidazole rings is 1. The standard InChI is InChI=1S/C26H29F2N5O4/c1-17-6-7-18-19(33(17)25(36)37-2)8-9-20-24(18)29-21(10-13-30-12-4-3-5-22(30)34)32(20)15-23(35)31-14-11-26(27,28)16-31/h3-5,8-9,12,17H,6-7,10-11,13-16H2,1-2H3/t17-/m0/s1. The van der Waals surface area contributed by atoms with Crippen molar-refractivity contribution in [2.75, 3.05) is 25.1 Å². The Labute approximate surface area is 212 Å². The highest BCUT2D eigenvalue weighted by atomic mass is 19.3. The molecule has 0 bridgehead atoms. The van der Waals surface area contributed by atoms with E-state index in [0.29, 0.717) is 48.4 Å². The van der Waals surface area contributed by atoms with Gasteiger partial charge in [-0.05, 0) is 38.0 Å². The number of pyridine rings is 1. The minimum absolute atomic E-state index is 0.00851. The van der Waals surface area contributed by atoms with Crippen LogP contribution in [-0.4, -0.2) is 63.2 Å². The normalized spacial score (nSPS) is 18.8. The van der Waals surface area contributed by atoms with Gasteiger partial charge in [0.2, 0.25) is 5.91 Å². The number of likely N-dealkylation sites (tertiary alicyclic amines) is 1. The molecule has 1 fully saturated rings. The maximum Gasteiger partial charge on any atom is 0.414 e. The predicted octanol–water partition coefficient (Wildman–Crippen LogP) is 3.22. The number of aryl methyl sites for hydroxylation is 3. The van der Waals surface area contributed by atoms with Crippen molar-refractivity contribution in [3.63, 3.8) is 0 Å². The second kappa shape index (κ2) is 9.60. The third kappa shape index (κ3) is 4.70. The molecule has 9 nitrogen and oxygen atoms in total. The molecule has 0 N–H and O–H groups in total. The van der Waals surface area contributed by atoms with E-state index in [0.717, 1.165) is 5.56 Å². The van der Waals surface area contributed by atoms with Gasteiger partial charge < -0.3 is 18.8 Å². The molecule has 37 heavy (non-hydrogen) atoms. The Morgan fingerprint density at radius 2 is 2.03 bits per heavy atom. The lowest BCUT2D eigenvalue weighted by atomic mass is 9.96. The molecule has 1 aromatic carbocycles. The molecule has 0 radical (unpaired) electrons. The molecule has 0 aliphatic carbocycles. The number of alkyl halides is 2. The Balaban J connectivity index is 1.55. The maximum atomic E-state index is 13.8. The Hall–Kier alpha value is -3.76. The molecular weight excluding hydrogens is 484 g/mol. The van der Waals surface area contributed by atoms with Gasteiger partial charge in [-0.25, -0.2) is 18.6 Å². The largest absolute Gasteiger partial charge is 0.452 e. The van der Waals surface area contributed by atoms with Gasteiger partial charge in [0.05, 0.1) is 30.4 Å². The highest BCUT2D eigenvalue weighted by Crippen LogP contribution is 2.37. The molecule has 2 aromatic heterocycles. The lowest BCUT2D eigenvalue weighted by Crippen LogP contribution is -2.42. The van der Waals surface area contributed by atoms with Crippen molar-refractivity contribution in [1.82, 2.24) is 19.0 Å². The molecule has 0 unspecified atom stereocenters. The lowest BCUT2D eigenvalue weighted by Gasteiger charge is -2.34. The van der Waals surface area contributed by atoms with E-state index < -0.39 is 24.5 Å². The third-order valence-electron chi connectivity index (χ3n) is 7.25. The van der Waals surface area contributed by atoms with Crippen molar-refractivity contribution < 1.29 is 23.1 Å². The number of anilines is 1. The smallest absolute Gasteiger partial charge is 0.414 e. The van der Waals surface area contributed by atoms with Crippen LogP contribution >= 0.6 is 0 Å². The van der Waals surface area contributed by atoms with Crippen molar-refractivity contribution in [3.8, 4) is 0 Å². The predicted molar refractivity (Wildman–Crippen MR) is 133 cm³/mol. The zero-order valence-electron chi connectivity index (χ0n) is 20.8. The number of carbonyl (C=O) groups is 2. The fraction of sp³-hybridized carbons (Fsp3) is 0.462. The third-order valence-corrected chi connectivity index (χ3v) is 7.25. The molecule has 5 rings (SSSR count). The van der Waals surface area contributed by atoms with Crippen LogP contribution in [-0.2, 0) is 35.5 Å². The van der Waals surface area contributed by atoms with Gasteiger partial charge in [0.15, 0.2) is 0 Å². The van der Waals surface area contributed by atoms with Crippen LogP contribution in [0.25, 0.3) is 11.0 Å². The van der Waals surface area contributed by atoms with Crippen molar-refractivity contribution >= 4 is 28.7 Å². The molecule has 2 aliphatic heterocycles. The summed E-state index contributed by atoms with van der Waals surface area (Å²) >= 11 is 0. The van der Waals surface area contributed by atoms with Crippen LogP contribution in [0.5, 0.6) is 0 Å². The number of halogens is 2. The van der Waals surface area contributed by atoms with E-state index >= 15 is 0 Å². The lowest BCUT2D eigenvalue weighted by molar-refractivity contribution is -0.132. The minimum Gasteiger partial charge on any atom is -0.452 e. The van der Waals surface area contributed by atoms with E-state index in [4.69, 9.17) is 9.72 Å². The number of nitrogens with zero attached hydrogens (tertiary/aromatic N) is 5. The molecule has 1 atom stereocenters. The van der Waals surface area contributed by atoms with Crippen LogP contribution < -0.4 is 10.5 Å². The van der Waals surface area contributed by atoms with Crippen LogP contribution in [0.3, 0.4) is 0 Å². The summed E-state index contributed by atoms with van der Waals surface area (Å²) in [5.74, 6) is -2.71. The molecule has 2 aliphatic rings. The first-order chi connectivity index (χ1) is 17.7. The van der Waals surface area contributed by atoms with Gasteiger partial charge in [0.1, 0.15) is 12.4 Å². The van der Waals surface area contributed by atoms with Crippen LogP contribution in [0.1, 0.15) is 31.2 Å². The number of methoxy groups -OCH3 is 1. The number of hydrogen-bond acceptors (Lipinski definition) is 5. The number of rotatable bonds is 5. The van der Waals surface area contributed by atoms with E-state index in [1.165, 1.54) is 18.1 Å². The van der Waals surface area contributed by atoms with Gasteiger partial charge in [-0.1, -0.05) is 6.07 Å². The zero-order chi connectivity index (χ0) is 26.3. The number of aromatic nitrogens is 3. The minimum atomic E-state index is -2.88. The van der Waals surface area contributed by atoms with Gasteiger partial charge in [-0.3, -0.25) is 14.5 Å². The van der Waals surface area contributed by atoms with Gasteiger partial charge in [-0.15, -0.1) is 0 Å². The first kappa shape index (κ1) is 24.9. The second-order valence-electron chi connectivity index (χ2n) is 9.68.